The van der Waals surface area contributed by atoms with Crippen LogP contribution in [0.4, 0.5) is 8.78 Å². The van der Waals surface area contributed by atoms with Gasteiger partial charge in [-0.05, 0) is 47.4 Å². The van der Waals surface area contributed by atoms with Crippen molar-refractivity contribution in [1.29, 1.82) is 0 Å². The molecule has 1 N–H and O–H groups in total. The second kappa shape index (κ2) is 15.9. The van der Waals surface area contributed by atoms with Gasteiger partial charge in [0.2, 0.25) is 0 Å². The van der Waals surface area contributed by atoms with Gasteiger partial charge in [0, 0.05) is 50.2 Å². The number of benzene rings is 2. The number of aliphatic hydroxyl groups excluding tert-OH is 1. The number of pyridine rings is 2. The first-order valence-electron chi connectivity index (χ1n) is 10.1. The van der Waals surface area contributed by atoms with Crippen molar-refractivity contribution in [3.8, 4) is 22.5 Å². The van der Waals surface area contributed by atoms with Gasteiger partial charge >= 0.3 is 0 Å². The van der Waals surface area contributed by atoms with Crippen LogP contribution in [-0.4, -0.2) is 20.9 Å². The van der Waals surface area contributed by atoms with Crippen molar-refractivity contribution >= 4 is 29.0 Å². The van der Waals surface area contributed by atoms with Crippen molar-refractivity contribution < 1.29 is 38.8 Å². The van der Waals surface area contributed by atoms with Crippen molar-refractivity contribution in [1.82, 2.24) is 9.97 Å². The summed E-state index contributed by atoms with van der Waals surface area (Å²) >= 11 is 11.7. The van der Waals surface area contributed by atoms with Gasteiger partial charge in [0.25, 0.3) is 0 Å². The number of allylic oxidation sites excluding steroid dienone is 2. The van der Waals surface area contributed by atoms with Gasteiger partial charge < -0.3 is 15.1 Å². The summed E-state index contributed by atoms with van der Waals surface area (Å²) in [6, 6.07) is 21.4. The van der Waals surface area contributed by atoms with E-state index in [1.807, 2.05) is 12.1 Å². The molecule has 0 aliphatic rings. The van der Waals surface area contributed by atoms with Crippen LogP contribution in [0.1, 0.15) is 13.8 Å². The molecule has 0 aliphatic heterocycles. The number of halogens is 4. The van der Waals surface area contributed by atoms with Crippen LogP contribution >= 0.6 is 23.2 Å². The summed E-state index contributed by atoms with van der Waals surface area (Å²) in [7, 11) is 0. The fraction of sp³-hybridized carbons (Fsp3) is 0.0741. The summed E-state index contributed by atoms with van der Waals surface area (Å²) in [5.41, 5.74) is 2.62. The van der Waals surface area contributed by atoms with E-state index >= 15 is 0 Å². The van der Waals surface area contributed by atoms with Crippen LogP contribution in [-0.2, 0) is 24.9 Å². The standard InChI is InChI=1S/2C11H6ClFN.C5H8O2.Ir/c2*12-10-7-8(13)4-5-9(10)11-3-1-2-6-14-11;1-4(6)3-5(2)7;/h2*1-4,6-7H;3,6H,1-2H3;/q2*-1;;/b;;4-3-;. The van der Waals surface area contributed by atoms with E-state index in [-0.39, 0.29) is 31.6 Å². The summed E-state index contributed by atoms with van der Waals surface area (Å²) < 4.78 is 25.5. The fourth-order valence-corrected chi connectivity index (χ4v) is 3.11. The smallest absolute Gasteiger partial charge is 0.155 e. The van der Waals surface area contributed by atoms with Crippen LogP contribution in [0.5, 0.6) is 0 Å². The van der Waals surface area contributed by atoms with E-state index < -0.39 is 11.6 Å². The molecule has 0 amide bonds. The Kier molecular flexibility index (Phi) is 13.7. The topological polar surface area (TPSA) is 63.1 Å². The Morgan fingerprint density at radius 2 is 1.28 bits per heavy atom. The number of hydrogen-bond acceptors (Lipinski definition) is 4. The van der Waals surface area contributed by atoms with Gasteiger partial charge in [-0.3, -0.25) is 13.6 Å². The number of ketones is 1. The second-order valence-corrected chi connectivity index (χ2v) is 7.72. The summed E-state index contributed by atoms with van der Waals surface area (Å²) in [4.78, 5) is 18.2. The minimum Gasteiger partial charge on any atom is -0.512 e. The maximum Gasteiger partial charge on any atom is 0.155 e. The normalized spacial score (nSPS) is 10.1. The van der Waals surface area contributed by atoms with Crippen molar-refractivity contribution in [2.45, 2.75) is 13.8 Å². The second-order valence-electron chi connectivity index (χ2n) is 6.91. The summed E-state index contributed by atoms with van der Waals surface area (Å²) in [6.07, 6.45) is 4.48. The van der Waals surface area contributed by atoms with E-state index in [9.17, 15) is 13.6 Å². The molecule has 36 heavy (non-hydrogen) atoms. The fourth-order valence-electron chi connectivity index (χ4n) is 2.60. The molecule has 4 aromatic rings. The minimum absolute atomic E-state index is 0. The number of aliphatic hydroxyl groups is 1. The molecule has 9 heteroatoms. The van der Waals surface area contributed by atoms with Gasteiger partial charge in [-0.25, -0.2) is 0 Å². The van der Waals surface area contributed by atoms with E-state index in [0.29, 0.717) is 32.6 Å². The molecule has 0 bridgehead atoms. The van der Waals surface area contributed by atoms with Gasteiger partial charge in [-0.15, -0.1) is 58.6 Å². The van der Waals surface area contributed by atoms with Gasteiger partial charge in [0.15, 0.2) is 5.78 Å². The van der Waals surface area contributed by atoms with Crippen molar-refractivity contribution in [2.75, 3.05) is 0 Å². The average Bonchev–Trinajstić information content (AvgIpc) is 2.80. The first-order valence-corrected chi connectivity index (χ1v) is 10.9. The van der Waals surface area contributed by atoms with Gasteiger partial charge in [-0.1, -0.05) is 36.4 Å². The quantitative estimate of drug-likeness (QED) is 0.135. The Bertz CT molecular complexity index is 1200. The number of carbonyl (C=O) groups is 1. The van der Waals surface area contributed by atoms with Crippen LogP contribution in [0.3, 0.4) is 0 Å². The number of aromatic nitrogens is 2. The Labute approximate surface area is 232 Å². The number of rotatable bonds is 3. The minimum atomic E-state index is -0.394. The monoisotopic (exact) mass is 705 g/mol. The van der Waals surface area contributed by atoms with Gasteiger partial charge in [-0.2, -0.15) is 0 Å². The molecule has 0 spiro atoms. The van der Waals surface area contributed by atoms with Crippen molar-refractivity contribution in [2.24, 2.45) is 0 Å². The molecule has 1 radical (unpaired) electrons. The zero-order valence-corrected chi connectivity index (χ0v) is 23.0. The van der Waals surface area contributed by atoms with Crippen molar-refractivity contribution in [3.05, 3.63) is 119 Å². The third-order valence-corrected chi connectivity index (χ3v) is 4.57. The number of hydrogen-bond donors (Lipinski definition) is 1. The van der Waals surface area contributed by atoms with E-state index in [2.05, 4.69) is 22.1 Å². The number of nitrogens with zero attached hydrogens (tertiary/aromatic N) is 2. The van der Waals surface area contributed by atoms with E-state index in [1.54, 1.807) is 36.7 Å². The molecular formula is C27H20Cl2F2IrN2O2-2. The molecule has 0 unspecified atom stereocenters. The first-order chi connectivity index (χ1) is 16.7. The van der Waals surface area contributed by atoms with Gasteiger partial charge in [0.1, 0.15) is 0 Å². The SMILES string of the molecule is CC(=O)/C=C(/C)O.Fc1c[c-]c(-c2ccccn2)c(Cl)c1.Fc1c[c-]c(-c2ccccn2)c(Cl)c1.[Ir]. The Morgan fingerprint density at radius 1 is 0.861 bits per heavy atom. The molecule has 0 fully saturated rings. The van der Waals surface area contributed by atoms with Crippen molar-refractivity contribution in [3.63, 3.8) is 0 Å². The maximum absolute atomic E-state index is 12.7. The molecular weight excluding hydrogens is 685 g/mol. The summed E-state index contributed by atoms with van der Waals surface area (Å²) in [5.74, 6) is -0.850. The molecule has 0 atom stereocenters. The molecule has 0 saturated carbocycles. The zero-order valence-electron chi connectivity index (χ0n) is 19.1. The maximum atomic E-state index is 12.7. The predicted molar refractivity (Wildman–Crippen MR) is 134 cm³/mol. The van der Waals surface area contributed by atoms with Crippen LogP contribution in [0.15, 0.2) is 84.9 Å². The summed E-state index contributed by atoms with van der Waals surface area (Å²) in [5, 5.41) is 9.01. The van der Waals surface area contributed by atoms with Crippen LogP contribution < -0.4 is 0 Å². The average molecular weight is 706 g/mol. The molecule has 0 saturated heterocycles. The van der Waals surface area contributed by atoms with E-state index in [4.69, 9.17) is 28.3 Å². The van der Waals surface area contributed by atoms with E-state index in [0.717, 1.165) is 0 Å². The molecule has 189 valence electrons. The molecule has 2 heterocycles. The van der Waals surface area contributed by atoms with Crippen LogP contribution in [0, 0.1) is 23.8 Å². The van der Waals surface area contributed by atoms with Crippen LogP contribution in [0.25, 0.3) is 22.5 Å². The molecule has 4 nitrogen and oxygen atoms in total. The summed E-state index contributed by atoms with van der Waals surface area (Å²) in [6.45, 7) is 2.85. The Hall–Kier alpha value is -2.96. The molecule has 2 aromatic heterocycles. The molecule has 2 aromatic carbocycles. The molecule has 0 aliphatic carbocycles. The largest absolute Gasteiger partial charge is 0.512 e. The Balaban J connectivity index is 0.000000283. The molecule has 4 rings (SSSR count). The van der Waals surface area contributed by atoms with Gasteiger partial charge in [0.05, 0.1) is 5.76 Å². The third kappa shape index (κ3) is 10.8. The Morgan fingerprint density at radius 3 is 1.53 bits per heavy atom. The third-order valence-electron chi connectivity index (χ3n) is 3.97. The first kappa shape index (κ1) is 31.1. The predicted octanol–water partition coefficient (Wildman–Crippen LogP) is 7.72. The zero-order chi connectivity index (χ0) is 25.8. The number of carbonyl (C=O) groups excluding carboxylic acids is 1. The van der Waals surface area contributed by atoms with E-state index in [1.165, 1.54) is 44.2 Å². The van der Waals surface area contributed by atoms with Crippen LogP contribution in [0.2, 0.25) is 10.0 Å².